The summed E-state index contributed by atoms with van der Waals surface area (Å²) in [5, 5.41) is 3.09. The molecule has 0 aromatic carbocycles. The molecule has 1 heterocycles. The summed E-state index contributed by atoms with van der Waals surface area (Å²) in [7, 11) is 1.94. The van der Waals surface area contributed by atoms with Crippen molar-refractivity contribution < 1.29 is 4.79 Å². The Morgan fingerprint density at radius 2 is 1.78 bits per heavy atom. The first kappa shape index (κ1) is 18.6. The fraction of sp³-hybridized carbons (Fsp3) is 0.947. The van der Waals surface area contributed by atoms with E-state index in [0.717, 1.165) is 43.8 Å². The summed E-state index contributed by atoms with van der Waals surface area (Å²) in [5.41, 5.74) is 0. The fourth-order valence-electron chi connectivity index (χ4n) is 4.45. The molecule has 0 radical (unpaired) electrons. The maximum atomic E-state index is 12.2. The average molecular weight is 324 g/mol. The predicted octanol–water partition coefficient (Wildman–Crippen LogP) is 3.58. The van der Waals surface area contributed by atoms with Gasteiger partial charge in [-0.05, 0) is 50.0 Å². The minimum Gasteiger partial charge on any atom is -0.338 e. The molecule has 1 saturated carbocycles. The second kappa shape index (κ2) is 9.51. The minimum atomic E-state index is 0.107. The number of amides is 2. The molecule has 4 nitrogen and oxygen atoms in total. The molecule has 2 rings (SSSR count). The van der Waals surface area contributed by atoms with Crippen LogP contribution in [0.5, 0.6) is 0 Å². The van der Waals surface area contributed by atoms with Crippen LogP contribution in [0.25, 0.3) is 0 Å². The first-order chi connectivity index (χ1) is 11.0. The van der Waals surface area contributed by atoms with Gasteiger partial charge in [-0.3, -0.25) is 0 Å². The summed E-state index contributed by atoms with van der Waals surface area (Å²) in [6, 6.07) is 0.107. The highest BCUT2D eigenvalue weighted by molar-refractivity contribution is 5.73. The Kier molecular flexibility index (Phi) is 7.68. The fourth-order valence-corrected chi connectivity index (χ4v) is 4.45. The van der Waals surface area contributed by atoms with Gasteiger partial charge >= 0.3 is 6.03 Å². The number of nitrogens with one attached hydrogen (secondary N) is 1. The van der Waals surface area contributed by atoms with E-state index < -0.39 is 0 Å². The zero-order valence-electron chi connectivity index (χ0n) is 15.5. The first-order valence-corrected chi connectivity index (χ1v) is 9.76. The van der Waals surface area contributed by atoms with Crippen LogP contribution >= 0.6 is 0 Å². The van der Waals surface area contributed by atoms with Gasteiger partial charge in [-0.1, -0.05) is 33.1 Å². The van der Waals surface area contributed by atoms with E-state index in [9.17, 15) is 4.79 Å². The summed E-state index contributed by atoms with van der Waals surface area (Å²) in [5.74, 6) is 2.35. The van der Waals surface area contributed by atoms with E-state index in [2.05, 4.69) is 24.1 Å². The Morgan fingerprint density at radius 3 is 2.43 bits per heavy atom. The molecule has 2 unspecified atom stereocenters. The lowest BCUT2D eigenvalue weighted by Gasteiger charge is -2.35. The van der Waals surface area contributed by atoms with Gasteiger partial charge in [0.2, 0.25) is 0 Å². The van der Waals surface area contributed by atoms with Crippen LogP contribution in [-0.2, 0) is 0 Å². The van der Waals surface area contributed by atoms with Crippen LogP contribution in [-0.4, -0.2) is 55.6 Å². The van der Waals surface area contributed by atoms with Crippen LogP contribution in [0.15, 0.2) is 0 Å². The molecular formula is C19H37N3O. The zero-order valence-corrected chi connectivity index (χ0v) is 15.5. The van der Waals surface area contributed by atoms with E-state index in [-0.39, 0.29) is 6.03 Å². The van der Waals surface area contributed by atoms with Crippen molar-refractivity contribution in [3.63, 3.8) is 0 Å². The molecular weight excluding hydrogens is 286 g/mol. The third-order valence-electron chi connectivity index (χ3n) is 5.48. The molecule has 1 aliphatic carbocycles. The maximum Gasteiger partial charge on any atom is 0.317 e. The summed E-state index contributed by atoms with van der Waals surface area (Å²) in [4.78, 5) is 16.6. The van der Waals surface area contributed by atoms with Crippen molar-refractivity contribution in [3.05, 3.63) is 0 Å². The molecule has 134 valence electrons. The van der Waals surface area contributed by atoms with Crippen LogP contribution in [0.1, 0.15) is 58.8 Å². The van der Waals surface area contributed by atoms with Gasteiger partial charge in [0.15, 0.2) is 0 Å². The molecule has 2 fully saturated rings. The van der Waals surface area contributed by atoms with E-state index in [1.807, 2.05) is 11.9 Å². The van der Waals surface area contributed by atoms with Gasteiger partial charge in [-0.25, -0.2) is 4.79 Å². The van der Waals surface area contributed by atoms with Gasteiger partial charge in [0.1, 0.15) is 0 Å². The molecule has 4 heteroatoms. The van der Waals surface area contributed by atoms with E-state index in [1.165, 1.54) is 51.6 Å². The number of hydrogen-bond donors (Lipinski definition) is 1. The van der Waals surface area contributed by atoms with Gasteiger partial charge in [0.25, 0.3) is 0 Å². The molecule has 0 spiro atoms. The van der Waals surface area contributed by atoms with Gasteiger partial charge in [-0.2, -0.15) is 0 Å². The van der Waals surface area contributed by atoms with E-state index in [1.54, 1.807) is 0 Å². The zero-order chi connectivity index (χ0) is 16.7. The normalized spacial score (nSPS) is 26.9. The molecule has 1 saturated heterocycles. The summed E-state index contributed by atoms with van der Waals surface area (Å²) in [6.45, 7) is 9.98. The van der Waals surface area contributed by atoms with Crippen molar-refractivity contribution in [2.75, 3.05) is 39.8 Å². The number of urea groups is 1. The lowest BCUT2D eigenvalue weighted by atomic mass is 9.89. The topological polar surface area (TPSA) is 35.6 Å². The van der Waals surface area contributed by atoms with E-state index in [4.69, 9.17) is 0 Å². The average Bonchev–Trinajstić information content (AvgIpc) is 2.51. The lowest BCUT2D eigenvalue weighted by Crippen LogP contribution is -2.42. The summed E-state index contributed by atoms with van der Waals surface area (Å²) >= 11 is 0. The molecule has 0 bridgehead atoms. The van der Waals surface area contributed by atoms with Crippen molar-refractivity contribution in [2.24, 2.45) is 17.8 Å². The number of carbonyl (C=O) groups excluding carboxylic acids is 1. The van der Waals surface area contributed by atoms with Crippen molar-refractivity contribution in [1.82, 2.24) is 15.1 Å². The highest BCUT2D eigenvalue weighted by Crippen LogP contribution is 2.24. The third kappa shape index (κ3) is 6.70. The Balaban J connectivity index is 1.56. The van der Waals surface area contributed by atoms with Crippen LogP contribution < -0.4 is 5.32 Å². The molecule has 0 aromatic rings. The van der Waals surface area contributed by atoms with Crippen LogP contribution in [0.4, 0.5) is 4.79 Å². The quantitative estimate of drug-likeness (QED) is 0.758. The highest BCUT2D eigenvalue weighted by Gasteiger charge is 2.21. The number of likely N-dealkylation sites (tertiary alicyclic amines) is 1. The number of rotatable bonds is 6. The largest absolute Gasteiger partial charge is 0.338 e. The molecule has 2 atom stereocenters. The van der Waals surface area contributed by atoms with E-state index in [0.29, 0.717) is 0 Å². The van der Waals surface area contributed by atoms with Crippen molar-refractivity contribution >= 4 is 6.03 Å². The monoisotopic (exact) mass is 323 g/mol. The molecule has 23 heavy (non-hydrogen) atoms. The lowest BCUT2D eigenvalue weighted by molar-refractivity contribution is 0.139. The predicted molar refractivity (Wildman–Crippen MR) is 96.6 cm³/mol. The van der Waals surface area contributed by atoms with Crippen molar-refractivity contribution in [3.8, 4) is 0 Å². The van der Waals surface area contributed by atoms with Crippen LogP contribution in [0, 0.1) is 17.8 Å². The molecule has 2 aliphatic rings. The minimum absolute atomic E-state index is 0.107. The Bertz CT molecular complexity index is 345. The molecule has 2 amide bonds. The second-order valence-corrected chi connectivity index (χ2v) is 8.18. The van der Waals surface area contributed by atoms with E-state index >= 15 is 0 Å². The number of carbonyl (C=O) groups is 1. The molecule has 1 aliphatic heterocycles. The van der Waals surface area contributed by atoms with Gasteiger partial charge in [-0.15, -0.1) is 0 Å². The van der Waals surface area contributed by atoms with Gasteiger partial charge in [0, 0.05) is 33.2 Å². The maximum absolute atomic E-state index is 12.2. The van der Waals surface area contributed by atoms with Crippen molar-refractivity contribution in [1.29, 1.82) is 0 Å². The third-order valence-corrected chi connectivity index (χ3v) is 5.48. The van der Waals surface area contributed by atoms with Crippen LogP contribution in [0.3, 0.4) is 0 Å². The van der Waals surface area contributed by atoms with Crippen LogP contribution in [0.2, 0.25) is 0 Å². The molecule has 0 aromatic heterocycles. The van der Waals surface area contributed by atoms with Gasteiger partial charge < -0.3 is 15.1 Å². The molecule has 1 N–H and O–H groups in total. The Labute approximate surface area is 143 Å². The second-order valence-electron chi connectivity index (χ2n) is 8.18. The van der Waals surface area contributed by atoms with Gasteiger partial charge in [0.05, 0.1) is 0 Å². The number of nitrogens with zero attached hydrogens (tertiary/aromatic N) is 2. The smallest absolute Gasteiger partial charge is 0.317 e. The standard InChI is InChI=1S/C19H37N3O/c1-16-12-17(2)14-22(13-16)11-7-10-20-19(23)21(3)15-18-8-5-4-6-9-18/h16-18H,4-15H2,1-3H3,(H,20,23). The summed E-state index contributed by atoms with van der Waals surface area (Å²) < 4.78 is 0. The number of hydrogen-bond acceptors (Lipinski definition) is 2. The first-order valence-electron chi connectivity index (χ1n) is 9.76. The Hall–Kier alpha value is -0.770. The summed E-state index contributed by atoms with van der Waals surface area (Å²) in [6.07, 6.45) is 9.06. The SMILES string of the molecule is CC1CC(C)CN(CCCNC(=O)N(C)CC2CCCCC2)C1. The number of piperidine rings is 1. The van der Waals surface area contributed by atoms with Crippen molar-refractivity contribution in [2.45, 2.75) is 58.8 Å². The highest BCUT2D eigenvalue weighted by atomic mass is 16.2. The Morgan fingerprint density at radius 1 is 1.13 bits per heavy atom.